The number of aliphatic hydroxyl groups excluding tert-OH is 4. The molecule has 2 aliphatic rings. The van der Waals surface area contributed by atoms with Crippen molar-refractivity contribution in [3.8, 4) is 17.2 Å². The Morgan fingerprint density at radius 3 is 2.41 bits per heavy atom. The van der Waals surface area contributed by atoms with E-state index in [2.05, 4.69) is 0 Å². The lowest BCUT2D eigenvalue weighted by Crippen LogP contribution is -2.62. The van der Waals surface area contributed by atoms with Gasteiger partial charge in [-0.15, -0.1) is 0 Å². The molecule has 6 unspecified atom stereocenters. The SMILES string of the molecule is COc1cc(OC2OC(C(O)CCc3ccccc3)C(O)C(O)C2O)c2c(O)c(C(=O)C3CCCC3)c(C)cc2c1. The number of rotatable bonds is 9. The van der Waals surface area contributed by atoms with Crippen LogP contribution in [0.3, 0.4) is 0 Å². The predicted octanol–water partition coefficient (Wildman–Crippen LogP) is 3.42. The van der Waals surface area contributed by atoms with Gasteiger partial charge in [0.05, 0.1) is 24.2 Å². The van der Waals surface area contributed by atoms with E-state index in [-0.39, 0.29) is 40.6 Å². The molecule has 2 fully saturated rings. The van der Waals surface area contributed by atoms with Crippen LogP contribution in [-0.2, 0) is 11.2 Å². The van der Waals surface area contributed by atoms with Crippen molar-refractivity contribution < 1.29 is 44.5 Å². The molecule has 1 heterocycles. The molecule has 0 spiro atoms. The summed E-state index contributed by atoms with van der Waals surface area (Å²) in [4.78, 5) is 13.4. The van der Waals surface area contributed by atoms with Crippen molar-refractivity contribution in [3.63, 3.8) is 0 Å². The second kappa shape index (κ2) is 12.3. The summed E-state index contributed by atoms with van der Waals surface area (Å²) in [5.74, 6) is -0.0536. The summed E-state index contributed by atoms with van der Waals surface area (Å²) >= 11 is 0. The van der Waals surface area contributed by atoms with Gasteiger partial charge in [-0.1, -0.05) is 49.2 Å². The fourth-order valence-corrected chi connectivity index (χ4v) is 6.05. The molecule has 6 atom stereocenters. The van der Waals surface area contributed by atoms with Crippen LogP contribution in [0.15, 0.2) is 48.5 Å². The Balaban J connectivity index is 1.46. The van der Waals surface area contributed by atoms with Gasteiger partial charge in [0.1, 0.15) is 41.7 Å². The minimum Gasteiger partial charge on any atom is -0.506 e. The average Bonchev–Trinajstić information content (AvgIpc) is 3.51. The summed E-state index contributed by atoms with van der Waals surface area (Å²) < 4.78 is 17.3. The van der Waals surface area contributed by atoms with Crippen LogP contribution in [0.25, 0.3) is 10.8 Å². The van der Waals surface area contributed by atoms with Gasteiger partial charge < -0.3 is 39.7 Å². The van der Waals surface area contributed by atoms with Gasteiger partial charge in [0.25, 0.3) is 0 Å². The Labute approximate surface area is 238 Å². The maximum absolute atomic E-state index is 13.4. The van der Waals surface area contributed by atoms with E-state index in [9.17, 15) is 30.3 Å². The van der Waals surface area contributed by atoms with E-state index < -0.39 is 36.8 Å². The van der Waals surface area contributed by atoms with Crippen LogP contribution >= 0.6 is 0 Å². The zero-order valence-corrected chi connectivity index (χ0v) is 23.3. The van der Waals surface area contributed by atoms with Gasteiger partial charge in [0.15, 0.2) is 5.78 Å². The molecule has 1 aliphatic heterocycles. The average molecular weight is 567 g/mol. The Morgan fingerprint density at radius 2 is 1.73 bits per heavy atom. The Kier molecular flexibility index (Phi) is 8.82. The number of ketones is 1. The van der Waals surface area contributed by atoms with Gasteiger partial charge in [-0.2, -0.15) is 0 Å². The summed E-state index contributed by atoms with van der Waals surface area (Å²) in [5.41, 5.74) is 1.84. The number of aromatic hydroxyl groups is 1. The number of Topliss-reactive ketones (excluding diaryl/α,β-unsaturated/α-hetero) is 1. The number of aliphatic hydroxyl groups is 4. The molecule has 5 N–H and O–H groups in total. The molecule has 5 rings (SSSR count). The highest BCUT2D eigenvalue weighted by Gasteiger charge is 2.47. The number of hydrogen-bond acceptors (Lipinski definition) is 9. The van der Waals surface area contributed by atoms with E-state index in [1.807, 2.05) is 30.3 Å². The lowest BCUT2D eigenvalue weighted by atomic mass is 9.90. The Morgan fingerprint density at radius 1 is 1.02 bits per heavy atom. The van der Waals surface area contributed by atoms with Crippen LogP contribution in [0.1, 0.15) is 53.6 Å². The van der Waals surface area contributed by atoms with E-state index in [1.54, 1.807) is 19.1 Å². The van der Waals surface area contributed by atoms with Gasteiger partial charge in [0.2, 0.25) is 6.29 Å². The quantitative estimate of drug-likeness (QED) is 0.246. The molecule has 1 aliphatic carbocycles. The van der Waals surface area contributed by atoms with Gasteiger partial charge in [-0.05, 0) is 55.2 Å². The lowest BCUT2D eigenvalue weighted by molar-refractivity contribution is -0.288. The predicted molar refractivity (Wildman–Crippen MR) is 151 cm³/mol. The molecule has 1 saturated heterocycles. The summed E-state index contributed by atoms with van der Waals surface area (Å²) in [6.07, 6.45) is -4.61. The minimum absolute atomic E-state index is 0.0579. The second-order valence-corrected chi connectivity index (χ2v) is 11.1. The first kappa shape index (κ1) is 29.3. The highest BCUT2D eigenvalue weighted by atomic mass is 16.7. The summed E-state index contributed by atoms with van der Waals surface area (Å²) in [6.45, 7) is 1.77. The number of phenols is 1. The summed E-state index contributed by atoms with van der Waals surface area (Å²) in [7, 11) is 1.47. The highest BCUT2D eigenvalue weighted by molar-refractivity contribution is 6.09. The van der Waals surface area contributed by atoms with E-state index in [1.165, 1.54) is 13.2 Å². The number of carbonyl (C=O) groups is 1. The van der Waals surface area contributed by atoms with E-state index in [4.69, 9.17) is 14.2 Å². The van der Waals surface area contributed by atoms with E-state index in [0.717, 1.165) is 31.2 Å². The van der Waals surface area contributed by atoms with Crippen molar-refractivity contribution in [2.45, 2.75) is 82.3 Å². The molecule has 0 radical (unpaired) electrons. The monoisotopic (exact) mass is 566 g/mol. The maximum atomic E-state index is 13.4. The van der Waals surface area contributed by atoms with Crippen LogP contribution in [0.2, 0.25) is 0 Å². The fourth-order valence-electron chi connectivity index (χ4n) is 6.05. The first-order valence-electron chi connectivity index (χ1n) is 14.2. The van der Waals surface area contributed by atoms with Gasteiger partial charge >= 0.3 is 0 Å². The van der Waals surface area contributed by atoms with Crippen molar-refractivity contribution >= 4 is 16.6 Å². The largest absolute Gasteiger partial charge is 0.506 e. The van der Waals surface area contributed by atoms with Crippen molar-refractivity contribution in [2.24, 2.45) is 5.92 Å². The number of ether oxygens (including phenoxy) is 3. The first-order valence-corrected chi connectivity index (χ1v) is 14.2. The van der Waals surface area contributed by atoms with Gasteiger partial charge in [0, 0.05) is 12.0 Å². The standard InChI is InChI=1S/C32H38O9/c1-17-14-20-15-21(39-2)16-23(25(20)27(35)24(17)26(34)19-10-6-7-11-19)40-32-30(38)28(36)29(37)31(41-32)22(33)13-12-18-8-4-3-5-9-18/h3-5,8-9,14-16,19,22,28-33,35-38H,6-7,10-13H2,1-2H3. The molecule has 0 aromatic heterocycles. The third-order valence-electron chi connectivity index (χ3n) is 8.35. The Bertz CT molecular complexity index is 1370. The number of fused-ring (bicyclic) bond motifs is 1. The number of benzene rings is 3. The zero-order valence-electron chi connectivity index (χ0n) is 23.3. The number of hydrogen-bond donors (Lipinski definition) is 5. The molecule has 0 bridgehead atoms. The lowest BCUT2D eigenvalue weighted by Gasteiger charge is -2.42. The van der Waals surface area contributed by atoms with Crippen LogP contribution in [0.5, 0.6) is 17.2 Å². The Hall–Kier alpha value is -3.21. The molecule has 220 valence electrons. The van der Waals surface area contributed by atoms with Crippen molar-refractivity contribution in [2.75, 3.05) is 7.11 Å². The minimum atomic E-state index is -1.67. The van der Waals surface area contributed by atoms with Crippen molar-refractivity contribution in [3.05, 3.63) is 65.2 Å². The molecule has 3 aromatic carbocycles. The van der Waals surface area contributed by atoms with Crippen LogP contribution < -0.4 is 9.47 Å². The van der Waals surface area contributed by atoms with Crippen molar-refractivity contribution in [1.29, 1.82) is 0 Å². The highest BCUT2D eigenvalue weighted by Crippen LogP contribution is 2.43. The van der Waals surface area contributed by atoms with Gasteiger partial charge in [-0.25, -0.2) is 0 Å². The number of carbonyl (C=O) groups excluding carboxylic acids is 1. The van der Waals surface area contributed by atoms with Crippen LogP contribution in [0, 0.1) is 12.8 Å². The van der Waals surface area contributed by atoms with E-state index >= 15 is 0 Å². The first-order chi connectivity index (χ1) is 19.7. The fraction of sp³-hybridized carbons (Fsp3) is 0.469. The third-order valence-corrected chi connectivity index (χ3v) is 8.35. The molecular weight excluding hydrogens is 528 g/mol. The van der Waals surface area contributed by atoms with E-state index in [0.29, 0.717) is 23.1 Å². The van der Waals surface area contributed by atoms with Gasteiger partial charge in [-0.3, -0.25) is 4.79 Å². The topological polar surface area (TPSA) is 146 Å². The molecule has 41 heavy (non-hydrogen) atoms. The molecule has 3 aromatic rings. The maximum Gasteiger partial charge on any atom is 0.229 e. The smallest absolute Gasteiger partial charge is 0.229 e. The van der Waals surface area contributed by atoms with Crippen LogP contribution in [0.4, 0.5) is 0 Å². The number of phenolic OH excluding ortho intramolecular Hbond substituents is 1. The second-order valence-electron chi connectivity index (χ2n) is 11.1. The third kappa shape index (κ3) is 5.91. The van der Waals surface area contributed by atoms with Crippen molar-refractivity contribution in [1.82, 2.24) is 0 Å². The normalized spacial score (nSPS) is 25.8. The molecule has 9 nitrogen and oxygen atoms in total. The molecule has 0 amide bonds. The number of methoxy groups -OCH3 is 1. The summed E-state index contributed by atoms with van der Waals surface area (Å²) in [5, 5.41) is 55.2. The number of aryl methyl sites for hydroxylation is 2. The summed E-state index contributed by atoms with van der Waals surface area (Å²) in [6, 6.07) is 14.5. The molecular formula is C32H38O9. The zero-order chi connectivity index (χ0) is 29.3. The molecule has 9 heteroatoms. The van der Waals surface area contributed by atoms with Crippen LogP contribution in [-0.4, -0.2) is 75.2 Å². The molecule has 1 saturated carbocycles.